The Morgan fingerprint density at radius 2 is 1.88 bits per heavy atom. The number of sulfonamides is 1. The topological polar surface area (TPSA) is 93.2 Å². The fourth-order valence-electron chi connectivity index (χ4n) is 0.928. The van der Waals surface area contributed by atoms with Gasteiger partial charge >= 0.3 is 0 Å². The van der Waals surface area contributed by atoms with Gasteiger partial charge in [-0.15, -0.1) is 0 Å². The first-order valence-corrected chi connectivity index (χ1v) is 8.19. The summed E-state index contributed by atoms with van der Waals surface area (Å²) in [5, 5.41) is 0. The summed E-state index contributed by atoms with van der Waals surface area (Å²) in [6.45, 7) is 0. The molecule has 6 nitrogen and oxygen atoms in total. The van der Waals surface area contributed by atoms with E-state index in [1.165, 1.54) is 6.07 Å². The average molecular weight is 282 g/mol. The highest BCUT2D eigenvalue weighted by Gasteiger charge is 2.14. The van der Waals surface area contributed by atoms with E-state index < -0.39 is 37.3 Å². The lowest BCUT2D eigenvalue weighted by Gasteiger charge is -2.06. The summed E-state index contributed by atoms with van der Waals surface area (Å²) < 4.78 is 59.1. The van der Waals surface area contributed by atoms with Crippen LogP contribution in [0.4, 0.5) is 10.1 Å². The molecule has 0 aliphatic rings. The zero-order valence-electron chi connectivity index (χ0n) is 8.92. The molecule has 0 spiro atoms. The van der Waals surface area contributed by atoms with Crippen molar-refractivity contribution in [1.82, 2.24) is 4.98 Å². The Morgan fingerprint density at radius 3 is 2.35 bits per heavy atom. The number of halogens is 1. The van der Waals surface area contributed by atoms with Gasteiger partial charge in [0.2, 0.25) is 16.0 Å². The van der Waals surface area contributed by atoms with E-state index in [1.807, 2.05) is 0 Å². The summed E-state index contributed by atoms with van der Waals surface area (Å²) in [4.78, 5) is 3.26. The van der Waals surface area contributed by atoms with Crippen LogP contribution in [0.25, 0.3) is 0 Å². The number of anilines is 1. The molecule has 0 amide bonds. The van der Waals surface area contributed by atoms with Gasteiger partial charge in [0.15, 0.2) is 0 Å². The van der Waals surface area contributed by atoms with Crippen LogP contribution < -0.4 is 4.72 Å². The first kappa shape index (κ1) is 13.8. The predicted molar refractivity (Wildman–Crippen MR) is 61.3 cm³/mol. The third-order valence-corrected chi connectivity index (χ3v) is 4.22. The zero-order valence-corrected chi connectivity index (χ0v) is 10.6. The number of nitrogens with zero attached hydrogens (tertiary/aromatic N) is 1. The Hall–Kier alpha value is -1.22. The quantitative estimate of drug-likeness (QED) is 0.768. The van der Waals surface area contributed by atoms with Crippen molar-refractivity contribution in [1.29, 1.82) is 0 Å². The molecule has 1 aromatic rings. The van der Waals surface area contributed by atoms with Crippen molar-refractivity contribution in [2.24, 2.45) is 0 Å². The predicted octanol–water partition coefficient (Wildman–Crippen LogP) is 0.00700. The molecule has 0 unspecified atom stereocenters. The second-order valence-corrected chi connectivity index (χ2v) is 7.52. The molecule has 1 heterocycles. The molecule has 0 saturated heterocycles. The Kier molecular flexibility index (Phi) is 4.04. The lowest BCUT2D eigenvalue weighted by Crippen LogP contribution is -2.22. The van der Waals surface area contributed by atoms with Crippen molar-refractivity contribution < 1.29 is 21.2 Å². The fraction of sp³-hybridized carbons (Fsp3) is 0.375. The molecule has 0 aliphatic heterocycles. The molecule has 0 aliphatic carbocycles. The van der Waals surface area contributed by atoms with Crippen LogP contribution in [0.5, 0.6) is 0 Å². The molecule has 1 aromatic heterocycles. The van der Waals surface area contributed by atoms with Crippen LogP contribution in [-0.4, -0.2) is 39.6 Å². The lowest BCUT2D eigenvalue weighted by molar-refractivity contribution is 0.583. The third-order valence-electron chi connectivity index (χ3n) is 1.72. The monoisotopic (exact) mass is 282 g/mol. The van der Waals surface area contributed by atoms with E-state index in [4.69, 9.17) is 0 Å². The van der Waals surface area contributed by atoms with E-state index in [2.05, 4.69) is 9.71 Å². The molecule has 0 radical (unpaired) electrons. The molecule has 96 valence electrons. The number of pyridine rings is 1. The van der Waals surface area contributed by atoms with Crippen molar-refractivity contribution in [3.05, 3.63) is 24.3 Å². The highest BCUT2D eigenvalue weighted by molar-refractivity contribution is 7.95. The van der Waals surface area contributed by atoms with Crippen molar-refractivity contribution in [3.63, 3.8) is 0 Å². The highest BCUT2D eigenvalue weighted by Crippen LogP contribution is 2.08. The Balaban J connectivity index is 2.70. The zero-order chi connectivity index (χ0) is 13.1. The van der Waals surface area contributed by atoms with Crippen LogP contribution >= 0.6 is 0 Å². The van der Waals surface area contributed by atoms with Crippen LogP contribution in [0.2, 0.25) is 0 Å². The molecule has 17 heavy (non-hydrogen) atoms. The van der Waals surface area contributed by atoms with Crippen molar-refractivity contribution in [2.45, 2.75) is 0 Å². The van der Waals surface area contributed by atoms with Crippen molar-refractivity contribution in [2.75, 3.05) is 22.5 Å². The van der Waals surface area contributed by atoms with Crippen molar-refractivity contribution in [3.8, 4) is 0 Å². The smallest absolute Gasteiger partial charge is 0.233 e. The minimum Gasteiger partial charge on any atom is -0.282 e. The van der Waals surface area contributed by atoms with Gasteiger partial charge in [-0.2, -0.15) is 4.39 Å². The summed E-state index contributed by atoms with van der Waals surface area (Å²) in [6, 6.07) is 2.19. The van der Waals surface area contributed by atoms with Crippen LogP contribution in [0.1, 0.15) is 0 Å². The van der Waals surface area contributed by atoms with Gasteiger partial charge in [-0.1, -0.05) is 0 Å². The number of sulfone groups is 1. The van der Waals surface area contributed by atoms with Gasteiger partial charge in [0.1, 0.15) is 9.84 Å². The second kappa shape index (κ2) is 4.96. The molecule has 0 atom stereocenters. The van der Waals surface area contributed by atoms with Crippen LogP contribution in [0, 0.1) is 5.95 Å². The number of rotatable bonds is 5. The lowest BCUT2D eigenvalue weighted by atomic mass is 10.4. The minimum absolute atomic E-state index is 0.0832. The molecule has 1 N–H and O–H groups in total. The third kappa shape index (κ3) is 5.59. The SMILES string of the molecule is CS(=O)(=O)CCS(=O)(=O)Nc1ccc(F)nc1. The number of hydrogen-bond donors (Lipinski definition) is 1. The molecule has 9 heteroatoms. The summed E-state index contributed by atoms with van der Waals surface area (Å²) >= 11 is 0. The minimum atomic E-state index is -3.77. The average Bonchev–Trinajstić information content (AvgIpc) is 2.18. The summed E-state index contributed by atoms with van der Waals surface area (Å²) in [6.07, 6.45) is 1.95. The summed E-state index contributed by atoms with van der Waals surface area (Å²) in [7, 11) is -7.12. The Bertz CT molecular complexity index is 580. The standard InChI is InChI=1S/C8H11FN2O4S2/c1-16(12,13)4-5-17(14,15)11-7-2-3-8(9)10-6-7/h2-3,6,11H,4-5H2,1H3. The van der Waals surface area contributed by atoms with Gasteiger partial charge in [0.25, 0.3) is 0 Å². The number of hydrogen-bond acceptors (Lipinski definition) is 5. The fourth-order valence-corrected chi connectivity index (χ4v) is 3.60. The van der Waals surface area contributed by atoms with Gasteiger partial charge < -0.3 is 0 Å². The van der Waals surface area contributed by atoms with E-state index in [0.29, 0.717) is 0 Å². The van der Waals surface area contributed by atoms with E-state index in [9.17, 15) is 21.2 Å². The van der Waals surface area contributed by atoms with E-state index in [0.717, 1.165) is 18.5 Å². The van der Waals surface area contributed by atoms with Crippen LogP contribution in [-0.2, 0) is 19.9 Å². The van der Waals surface area contributed by atoms with E-state index in [1.54, 1.807) is 0 Å². The Morgan fingerprint density at radius 1 is 1.24 bits per heavy atom. The maximum atomic E-state index is 12.5. The molecular formula is C8H11FN2O4S2. The van der Waals surface area contributed by atoms with E-state index in [-0.39, 0.29) is 5.69 Å². The van der Waals surface area contributed by atoms with Gasteiger partial charge in [-0.25, -0.2) is 21.8 Å². The van der Waals surface area contributed by atoms with Gasteiger partial charge in [0, 0.05) is 6.26 Å². The molecule has 1 rings (SSSR count). The molecular weight excluding hydrogens is 271 g/mol. The number of nitrogens with one attached hydrogen (secondary N) is 1. The maximum Gasteiger partial charge on any atom is 0.233 e. The first-order valence-electron chi connectivity index (χ1n) is 4.48. The largest absolute Gasteiger partial charge is 0.282 e. The maximum absolute atomic E-state index is 12.5. The number of aromatic nitrogens is 1. The molecule has 0 aromatic carbocycles. The molecule has 0 fully saturated rings. The van der Waals surface area contributed by atoms with Crippen LogP contribution in [0.3, 0.4) is 0 Å². The van der Waals surface area contributed by atoms with Gasteiger partial charge in [-0.3, -0.25) is 4.72 Å². The van der Waals surface area contributed by atoms with Crippen LogP contribution in [0.15, 0.2) is 18.3 Å². The van der Waals surface area contributed by atoms with Gasteiger partial charge in [0.05, 0.1) is 23.4 Å². The summed E-state index contributed by atoms with van der Waals surface area (Å²) in [5.41, 5.74) is 0.0832. The summed E-state index contributed by atoms with van der Waals surface area (Å²) in [5.74, 6) is -1.76. The first-order chi connectivity index (χ1) is 7.68. The second-order valence-electron chi connectivity index (χ2n) is 3.42. The van der Waals surface area contributed by atoms with Crippen molar-refractivity contribution >= 4 is 25.5 Å². The molecule has 0 saturated carbocycles. The molecule has 0 bridgehead atoms. The van der Waals surface area contributed by atoms with E-state index >= 15 is 0 Å². The van der Waals surface area contributed by atoms with Gasteiger partial charge in [-0.05, 0) is 12.1 Å². The normalized spacial score (nSPS) is 12.4. The Labute approximate surface area is 98.8 Å². The highest BCUT2D eigenvalue weighted by atomic mass is 32.2.